The molecule has 0 radical (unpaired) electrons. The van der Waals surface area contributed by atoms with Crippen LogP contribution < -0.4 is 10.4 Å². The first-order valence-electron chi connectivity index (χ1n) is 8.52. The fourth-order valence-corrected chi connectivity index (χ4v) is 2.88. The molecule has 0 saturated carbocycles. The zero-order chi connectivity index (χ0) is 16.7. The van der Waals surface area contributed by atoms with Crippen molar-refractivity contribution in [3.05, 3.63) is 83.3 Å². The van der Waals surface area contributed by atoms with Crippen LogP contribution in [0.5, 0.6) is 0 Å². The largest absolute Gasteiger partial charge is 0.366 e. The van der Waals surface area contributed by atoms with Crippen LogP contribution in [-0.4, -0.2) is 18.0 Å². The van der Waals surface area contributed by atoms with Gasteiger partial charge < -0.3 is 4.90 Å². The van der Waals surface area contributed by atoms with Crippen LogP contribution in [0.2, 0.25) is 0 Å². The highest BCUT2D eigenvalue weighted by Gasteiger charge is 2.16. The van der Waals surface area contributed by atoms with E-state index in [9.17, 15) is 0 Å². The number of benzene rings is 2. The molecular formula is C22H27N. The maximum absolute atomic E-state index is 3.92. The summed E-state index contributed by atoms with van der Waals surface area (Å²) in [5.74, 6) is 0.474. The van der Waals surface area contributed by atoms with E-state index in [4.69, 9.17) is 0 Å². The molecule has 0 fully saturated rings. The maximum atomic E-state index is 3.92. The Morgan fingerprint density at radius 1 is 1.04 bits per heavy atom. The van der Waals surface area contributed by atoms with Crippen LogP contribution in [0.4, 0.5) is 0 Å². The molecule has 0 bridgehead atoms. The highest BCUT2D eigenvalue weighted by Crippen LogP contribution is 2.19. The molecule has 1 aliphatic rings. The van der Waals surface area contributed by atoms with E-state index in [-0.39, 0.29) is 0 Å². The van der Waals surface area contributed by atoms with Gasteiger partial charge in [-0.1, -0.05) is 87.5 Å². The third kappa shape index (κ3) is 3.92. The van der Waals surface area contributed by atoms with Crippen molar-refractivity contribution in [2.24, 2.45) is 5.92 Å². The van der Waals surface area contributed by atoms with Crippen molar-refractivity contribution < 1.29 is 0 Å². The lowest BCUT2D eigenvalue weighted by Crippen LogP contribution is -2.41. The summed E-state index contributed by atoms with van der Waals surface area (Å²) in [6.07, 6.45) is 4.35. The number of fused-ring (bicyclic) bond motifs is 1. The molecule has 0 N–H and O–H groups in total. The van der Waals surface area contributed by atoms with Gasteiger partial charge in [0.2, 0.25) is 0 Å². The molecule has 0 aliphatic carbocycles. The van der Waals surface area contributed by atoms with Crippen LogP contribution in [-0.2, 0) is 0 Å². The number of nitrogens with zero attached hydrogens (tertiary/aromatic N) is 1. The quantitative estimate of drug-likeness (QED) is 0.777. The third-order valence-corrected chi connectivity index (χ3v) is 4.02. The zero-order valence-electron chi connectivity index (χ0n) is 14.5. The molecule has 0 amide bonds. The van der Waals surface area contributed by atoms with E-state index in [1.807, 2.05) is 19.9 Å². The Morgan fingerprint density at radius 3 is 2.39 bits per heavy atom. The minimum atomic E-state index is 0.474. The highest BCUT2D eigenvalue weighted by atomic mass is 15.1. The fraction of sp³-hybridized carbons (Fsp3) is 0.273. The summed E-state index contributed by atoms with van der Waals surface area (Å²) in [7, 11) is 0. The molecule has 2 aromatic carbocycles. The second-order valence-electron chi connectivity index (χ2n) is 5.62. The summed E-state index contributed by atoms with van der Waals surface area (Å²) < 4.78 is 0. The number of rotatable bonds is 4. The summed E-state index contributed by atoms with van der Waals surface area (Å²) in [6, 6.07) is 19.3. The van der Waals surface area contributed by atoms with Crippen molar-refractivity contribution in [1.82, 2.24) is 4.90 Å². The second-order valence-corrected chi connectivity index (χ2v) is 5.62. The third-order valence-electron chi connectivity index (χ3n) is 4.02. The molecule has 0 saturated heterocycles. The lowest BCUT2D eigenvalue weighted by Gasteiger charge is -2.31. The zero-order valence-corrected chi connectivity index (χ0v) is 14.5. The van der Waals surface area contributed by atoms with Crippen molar-refractivity contribution in [3.8, 4) is 0 Å². The molecule has 120 valence electrons. The van der Waals surface area contributed by atoms with Crippen LogP contribution >= 0.6 is 0 Å². The van der Waals surface area contributed by atoms with Crippen LogP contribution in [0.1, 0.15) is 26.3 Å². The van der Waals surface area contributed by atoms with Gasteiger partial charge in [-0.05, 0) is 16.7 Å². The monoisotopic (exact) mass is 305 g/mol. The maximum Gasteiger partial charge on any atom is 0.0522 e. The average molecular weight is 305 g/mol. The lowest BCUT2D eigenvalue weighted by molar-refractivity contribution is 0.399. The molecule has 1 nitrogen and oxygen atoms in total. The van der Waals surface area contributed by atoms with E-state index in [1.165, 1.54) is 21.7 Å². The molecule has 3 rings (SSSR count). The van der Waals surface area contributed by atoms with E-state index in [0.29, 0.717) is 5.92 Å². The molecule has 2 aromatic rings. The molecule has 1 unspecified atom stereocenters. The van der Waals surface area contributed by atoms with Crippen molar-refractivity contribution in [1.29, 1.82) is 0 Å². The highest BCUT2D eigenvalue weighted by molar-refractivity contribution is 5.66. The Bertz CT molecular complexity index is 743. The van der Waals surface area contributed by atoms with E-state index in [1.54, 1.807) is 0 Å². The van der Waals surface area contributed by atoms with Gasteiger partial charge in [-0.2, -0.15) is 0 Å². The van der Waals surface area contributed by atoms with Gasteiger partial charge >= 0.3 is 0 Å². The Balaban J connectivity index is 0.000000924. The molecular weight excluding hydrogens is 278 g/mol. The predicted octanol–water partition coefficient (Wildman–Crippen LogP) is 3.79. The Kier molecular flexibility index (Phi) is 6.22. The summed E-state index contributed by atoms with van der Waals surface area (Å²) >= 11 is 0. The van der Waals surface area contributed by atoms with Crippen LogP contribution in [0.25, 0.3) is 11.8 Å². The van der Waals surface area contributed by atoms with Crippen molar-refractivity contribution >= 4 is 11.8 Å². The Labute approximate surface area is 140 Å². The first-order valence-corrected chi connectivity index (χ1v) is 8.52. The fourth-order valence-electron chi connectivity index (χ4n) is 2.88. The summed E-state index contributed by atoms with van der Waals surface area (Å²) in [5.41, 5.74) is 2.62. The number of hydrogen-bond donors (Lipinski definition) is 0. The van der Waals surface area contributed by atoms with Crippen molar-refractivity contribution in [2.75, 3.05) is 13.1 Å². The molecule has 1 aliphatic heterocycles. The first-order chi connectivity index (χ1) is 11.3. The lowest BCUT2D eigenvalue weighted by atomic mass is 10.0. The Hall–Kier alpha value is -2.28. The molecule has 23 heavy (non-hydrogen) atoms. The number of hydrogen-bond acceptors (Lipinski definition) is 1. The van der Waals surface area contributed by atoms with Gasteiger partial charge in [-0.3, -0.25) is 0 Å². The summed E-state index contributed by atoms with van der Waals surface area (Å²) in [5, 5.41) is 2.66. The minimum Gasteiger partial charge on any atom is -0.366 e. The predicted molar refractivity (Wildman–Crippen MR) is 101 cm³/mol. The second kappa shape index (κ2) is 8.38. The topological polar surface area (TPSA) is 3.24 Å². The van der Waals surface area contributed by atoms with Gasteiger partial charge in [0.25, 0.3) is 0 Å². The smallest absolute Gasteiger partial charge is 0.0522 e. The standard InChI is InChI=1S/C20H21N.C2H6/c1-3-16(2)15-21-14-13-17-9-7-8-12-19(17)20(21)18-10-5-4-6-11-18;1-2/h3-13,16H,1,14-15H2,2H3;1-2H3. The van der Waals surface area contributed by atoms with Crippen LogP contribution in [0.3, 0.4) is 0 Å². The van der Waals surface area contributed by atoms with Crippen molar-refractivity contribution in [2.45, 2.75) is 20.8 Å². The van der Waals surface area contributed by atoms with Gasteiger partial charge in [0.05, 0.1) is 5.70 Å². The Morgan fingerprint density at radius 2 is 1.70 bits per heavy atom. The van der Waals surface area contributed by atoms with Gasteiger partial charge in [0.15, 0.2) is 0 Å². The summed E-state index contributed by atoms with van der Waals surface area (Å²) in [4.78, 5) is 2.46. The van der Waals surface area contributed by atoms with E-state index < -0.39 is 0 Å². The molecule has 1 heterocycles. The minimum absolute atomic E-state index is 0.474. The van der Waals surface area contributed by atoms with E-state index in [0.717, 1.165) is 13.1 Å². The first kappa shape index (κ1) is 17.1. The van der Waals surface area contributed by atoms with Gasteiger partial charge in [-0.15, -0.1) is 6.58 Å². The van der Waals surface area contributed by atoms with Crippen LogP contribution in [0.15, 0.2) is 67.3 Å². The average Bonchev–Trinajstić information content (AvgIpc) is 2.63. The van der Waals surface area contributed by atoms with Gasteiger partial charge in [0, 0.05) is 18.3 Å². The van der Waals surface area contributed by atoms with E-state index in [2.05, 4.69) is 79.1 Å². The molecule has 1 atom stereocenters. The molecule has 1 heteroatoms. The van der Waals surface area contributed by atoms with E-state index >= 15 is 0 Å². The molecule has 0 aromatic heterocycles. The van der Waals surface area contributed by atoms with Crippen LogP contribution in [0, 0.1) is 5.92 Å². The van der Waals surface area contributed by atoms with Gasteiger partial charge in [-0.25, -0.2) is 0 Å². The molecule has 0 spiro atoms. The van der Waals surface area contributed by atoms with Gasteiger partial charge in [0.1, 0.15) is 0 Å². The summed E-state index contributed by atoms with van der Waals surface area (Å²) in [6.45, 7) is 12.1. The normalized spacial score (nSPS) is 14.0. The SMILES string of the molecule is C=CC(C)CN1CC=c2ccccc2=C1c1ccccc1.CC. The van der Waals surface area contributed by atoms with Crippen molar-refractivity contribution in [3.63, 3.8) is 0 Å².